The lowest BCUT2D eigenvalue weighted by Gasteiger charge is -2.25. The maximum absolute atomic E-state index is 13.1. The van der Waals surface area contributed by atoms with Crippen LogP contribution < -0.4 is 10.1 Å². The van der Waals surface area contributed by atoms with Gasteiger partial charge >= 0.3 is 0 Å². The third kappa shape index (κ3) is 3.93. The van der Waals surface area contributed by atoms with Crippen molar-refractivity contribution in [2.24, 2.45) is 0 Å². The maximum Gasteiger partial charge on any atom is 0.257 e. The van der Waals surface area contributed by atoms with Crippen LogP contribution in [0.4, 0.5) is 0 Å². The first kappa shape index (κ1) is 20.4. The quantitative estimate of drug-likeness (QED) is 0.638. The molecule has 1 unspecified atom stereocenters. The molecule has 2 heterocycles. The summed E-state index contributed by atoms with van der Waals surface area (Å²) in [7, 11) is 4.00. The van der Waals surface area contributed by atoms with Crippen LogP contribution >= 0.6 is 11.6 Å². The van der Waals surface area contributed by atoms with Crippen molar-refractivity contribution in [3.63, 3.8) is 0 Å². The minimum atomic E-state index is -0.236. The molecule has 0 saturated carbocycles. The highest BCUT2D eigenvalue weighted by molar-refractivity contribution is 6.33. The van der Waals surface area contributed by atoms with E-state index in [0.29, 0.717) is 34.1 Å². The fourth-order valence-corrected chi connectivity index (χ4v) is 3.99. The SMILES string of the molecule is Cc1onc(-c2ccccc2Cl)c1C(=O)NCC(c1ccc2c(c1)CCO2)N(C)C. The standard InChI is InChI=1S/C23H24ClN3O3/c1-14-21(22(26-30-14)17-6-4-5-7-18(17)24)23(28)25-13-19(27(2)3)15-8-9-20-16(12-15)10-11-29-20/h4-9,12,19H,10-11,13H2,1-3H3,(H,25,28). The van der Waals surface area contributed by atoms with Crippen LogP contribution in [0, 0.1) is 6.92 Å². The van der Waals surface area contributed by atoms with E-state index in [9.17, 15) is 4.79 Å². The Morgan fingerprint density at radius 3 is 2.83 bits per heavy atom. The van der Waals surface area contributed by atoms with E-state index in [4.69, 9.17) is 20.9 Å². The Bertz CT molecular complexity index is 1080. The van der Waals surface area contributed by atoms with Crippen molar-refractivity contribution in [3.8, 4) is 17.0 Å². The zero-order valence-electron chi connectivity index (χ0n) is 17.2. The Morgan fingerprint density at radius 1 is 1.27 bits per heavy atom. The zero-order chi connectivity index (χ0) is 21.3. The van der Waals surface area contributed by atoms with Gasteiger partial charge in [0.05, 0.1) is 17.7 Å². The van der Waals surface area contributed by atoms with E-state index in [1.165, 1.54) is 5.56 Å². The van der Waals surface area contributed by atoms with E-state index in [-0.39, 0.29) is 11.9 Å². The summed E-state index contributed by atoms with van der Waals surface area (Å²) < 4.78 is 10.9. The van der Waals surface area contributed by atoms with Gasteiger partial charge in [0.15, 0.2) is 0 Å². The molecule has 30 heavy (non-hydrogen) atoms. The van der Waals surface area contributed by atoms with Crippen LogP contribution in [0.2, 0.25) is 5.02 Å². The minimum absolute atomic E-state index is 0.0174. The highest BCUT2D eigenvalue weighted by Gasteiger charge is 2.25. The molecule has 0 saturated heterocycles. The van der Waals surface area contributed by atoms with Gasteiger partial charge in [-0.25, -0.2) is 0 Å². The number of aromatic nitrogens is 1. The maximum atomic E-state index is 13.1. The van der Waals surface area contributed by atoms with Gasteiger partial charge in [0.1, 0.15) is 22.8 Å². The highest BCUT2D eigenvalue weighted by atomic mass is 35.5. The summed E-state index contributed by atoms with van der Waals surface area (Å²) in [4.78, 5) is 15.2. The lowest BCUT2D eigenvalue weighted by atomic mass is 10.0. The smallest absolute Gasteiger partial charge is 0.257 e. The van der Waals surface area contributed by atoms with Gasteiger partial charge in [-0.2, -0.15) is 0 Å². The van der Waals surface area contributed by atoms with Gasteiger partial charge in [0.25, 0.3) is 5.91 Å². The topological polar surface area (TPSA) is 67.6 Å². The molecule has 0 spiro atoms. The molecule has 6 nitrogen and oxygen atoms in total. The minimum Gasteiger partial charge on any atom is -0.493 e. The van der Waals surface area contributed by atoms with Gasteiger partial charge in [-0.3, -0.25) is 4.79 Å². The van der Waals surface area contributed by atoms with E-state index in [0.717, 1.165) is 24.3 Å². The van der Waals surface area contributed by atoms with Gasteiger partial charge in [-0.15, -0.1) is 0 Å². The summed E-state index contributed by atoms with van der Waals surface area (Å²) in [5.41, 5.74) is 3.87. The number of rotatable bonds is 6. The number of carbonyl (C=O) groups is 1. The second-order valence-corrected chi connectivity index (χ2v) is 8.00. The predicted molar refractivity (Wildman–Crippen MR) is 116 cm³/mol. The predicted octanol–water partition coefficient (Wildman–Crippen LogP) is 4.27. The molecule has 3 aromatic rings. The number of nitrogens with zero attached hydrogens (tertiary/aromatic N) is 2. The van der Waals surface area contributed by atoms with E-state index >= 15 is 0 Å². The average molecular weight is 426 g/mol. The number of halogens is 1. The molecule has 1 amide bonds. The number of fused-ring (bicyclic) bond motifs is 1. The molecule has 7 heteroatoms. The molecule has 0 bridgehead atoms. The van der Waals surface area contributed by atoms with Gasteiger partial charge < -0.3 is 19.5 Å². The second-order valence-electron chi connectivity index (χ2n) is 7.60. The van der Waals surface area contributed by atoms with E-state index in [2.05, 4.69) is 27.5 Å². The molecule has 1 aliphatic rings. The molecule has 0 radical (unpaired) electrons. The summed E-state index contributed by atoms with van der Waals surface area (Å²) in [5.74, 6) is 1.17. The van der Waals surface area contributed by atoms with Crippen LogP contribution in [0.25, 0.3) is 11.3 Å². The Hall–Kier alpha value is -2.83. The number of benzene rings is 2. The number of ether oxygens (including phenoxy) is 1. The third-order valence-corrected chi connectivity index (χ3v) is 5.73. The normalized spacial score (nSPS) is 13.8. The van der Waals surface area contributed by atoms with Crippen molar-refractivity contribution in [1.82, 2.24) is 15.4 Å². The zero-order valence-corrected chi connectivity index (χ0v) is 18.0. The molecule has 1 atom stereocenters. The van der Waals surface area contributed by atoms with Crippen molar-refractivity contribution in [1.29, 1.82) is 0 Å². The monoisotopic (exact) mass is 425 g/mol. The average Bonchev–Trinajstić information content (AvgIpc) is 3.34. The first-order valence-electron chi connectivity index (χ1n) is 9.87. The van der Waals surface area contributed by atoms with Crippen LogP contribution in [-0.2, 0) is 6.42 Å². The first-order valence-corrected chi connectivity index (χ1v) is 10.2. The Labute approximate surface area is 180 Å². The van der Waals surface area contributed by atoms with E-state index < -0.39 is 0 Å². The Kier molecular flexibility index (Phi) is 5.79. The lowest BCUT2D eigenvalue weighted by Crippen LogP contribution is -2.34. The van der Waals surface area contributed by atoms with Crippen molar-refractivity contribution >= 4 is 17.5 Å². The number of amides is 1. The van der Waals surface area contributed by atoms with Crippen LogP contribution in [0.1, 0.15) is 33.3 Å². The van der Waals surface area contributed by atoms with E-state index in [1.807, 2.05) is 38.4 Å². The van der Waals surface area contributed by atoms with Gasteiger partial charge in [-0.05, 0) is 44.3 Å². The molecular weight excluding hydrogens is 402 g/mol. The third-order valence-electron chi connectivity index (χ3n) is 5.40. The van der Waals surface area contributed by atoms with Crippen molar-refractivity contribution in [3.05, 3.63) is 69.9 Å². The highest BCUT2D eigenvalue weighted by Crippen LogP contribution is 2.32. The van der Waals surface area contributed by atoms with Crippen molar-refractivity contribution < 1.29 is 14.1 Å². The fraction of sp³-hybridized carbons (Fsp3) is 0.304. The van der Waals surface area contributed by atoms with E-state index in [1.54, 1.807) is 13.0 Å². The number of nitrogens with one attached hydrogen (secondary N) is 1. The van der Waals surface area contributed by atoms with Crippen LogP contribution in [-0.4, -0.2) is 43.2 Å². The van der Waals surface area contributed by atoms with Crippen LogP contribution in [0.5, 0.6) is 5.75 Å². The number of likely N-dealkylation sites (N-methyl/N-ethyl adjacent to an activating group) is 1. The van der Waals surface area contributed by atoms with Gasteiger partial charge in [0.2, 0.25) is 0 Å². The van der Waals surface area contributed by atoms with Crippen LogP contribution in [0.15, 0.2) is 47.0 Å². The largest absolute Gasteiger partial charge is 0.493 e. The molecule has 1 aromatic heterocycles. The number of aryl methyl sites for hydroxylation is 1. The molecule has 2 aromatic carbocycles. The Balaban J connectivity index is 1.55. The molecule has 1 aliphatic heterocycles. The number of carbonyl (C=O) groups excluding carboxylic acids is 1. The summed E-state index contributed by atoms with van der Waals surface area (Å²) in [6, 6.07) is 13.5. The van der Waals surface area contributed by atoms with Gasteiger partial charge in [-0.1, -0.05) is 47.1 Å². The summed E-state index contributed by atoms with van der Waals surface area (Å²) in [6.45, 7) is 2.89. The van der Waals surface area contributed by atoms with Crippen molar-refractivity contribution in [2.75, 3.05) is 27.2 Å². The molecule has 0 aliphatic carbocycles. The van der Waals surface area contributed by atoms with Crippen molar-refractivity contribution in [2.45, 2.75) is 19.4 Å². The lowest BCUT2D eigenvalue weighted by molar-refractivity contribution is 0.0941. The fourth-order valence-electron chi connectivity index (χ4n) is 3.77. The molecule has 0 fully saturated rings. The summed E-state index contributed by atoms with van der Waals surface area (Å²) >= 11 is 6.31. The second kappa shape index (κ2) is 8.50. The number of hydrogen-bond donors (Lipinski definition) is 1. The summed E-state index contributed by atoms with van der Waals surface area (Å²) in [5, 5.41) is 7.65. The molecule has 1 N–H and O–H groups in total. The molecule has 156 valence electrons. The summed E-state index contributed by atoms with van der Waals surface area (Å²) in [6.07, 6.45) is 0.913. The molecular formula is C23H24ClN3O3. The Morgan fingerprint density at radius 2 is 2.07 bits per heavy atom. The number of hydrogen-bond acceptors (Lipinski definition) is 5. The van der Waals surface area contributed by atoms with Crippen LogP contribution in [0.3, 0.4) is 0 Å². The first-order chi connectivity index (χ1) is 14.5. The van der Waals surface area contributed by atoms with Gasteiger partial charge in [0, 0.05) is 18.5 Å². The molecule has 4 rings (SSSR count).